The van der Waals surface area contributed by atoms with Crippen molar-refractivity contribution in [1.29, 1.82) is 5.41 Å². The zero-order chi connectivity index (χ0) is 24.2. The first-order chi connectivity index (χ1) is 15.7. The minimum Gasteiger partial charge on any atom is -0.480 e. The third-order valence-electron chi connectivity index (χ3n) is 5.95. The summed E-state index contributed by atoms with van der Waals surface area (Å²) in [7, 11) is 0. The maximum absolute atomic E-state index is 13.5. The van der Waals surface area contributed by atoms with Crippen molar-refractivity contribution in [2.24, 2.45) is 23.3 Å². The lowest BCUT2D eigenvalue weighted by atomic mass is 9.71. The zero-order valence-electron chi connectivity index (χ0n) is 18.2. The maximum Gasteiger partial charge on any atom is 0.332 e. The molecule has 6 N–H and O–H groups in total. The number of carbonyl (C=O) groups excluding carboxylic acids is 2. The van der Waals surface area contributed by atoms with Crippen LogP contribution in [0.4, 0.5) is 5.69 Å². The van der Waals surface area contributed by atoms with Crippen molar-refractivity contribution in [2.75, 3.05) is 11.4 Å². The van der Waals surface area contributed by atoms with Gasteiger partial charge >= 0.3 is 5.97 Å². The van der Waals surface area contributed by atoms with Crippen LogP contribution in [0.5, 0.6) is 0 Å². The van der Waals surface area contributed by atoms with Crippen LogP contribution in [0.2, 0.25) is 0 Å². The van der Waals surface area contributed by atoms with Gasteiger partial charge < -0.3 is 21.5 Å². The van der Waals surface area contributed by atoms with Crippen LogP contribution in [0.25, 0.3) is 0 Å². The fourth-order valence-electron chi connectivity index (χ4n) is 4.01. The van der Waals surface area contributed by atoms with Crippen molar-refractivity contribution in [2.45, 2.75) is 25.3 Å². The highest BCUT2D eigenvalue weighted by molar-refractivity contribution is 6.08. The molecule has 33 heavy (non-hydrogen) atoms. The Labute approximate surface area is 192 Å². The number of carbonyl (C=O) groups is 3. The Bertz CT molecular complexity index is 1120. The highest BCUT2D eigenvalue weighted by Gasteiger charge is 2.52. The molecule has 0 aliphatic carbocycles. The van der Waals surface area contributed by atoms with Crippen LogP contribution in [0.15, 0.2) is 54.6 Å². The minimum absolute atomic E-state index is 0.0866. The summed E-state index contributed by atoms with van der Waals surface area (Å²) in [5.41, 5.74) is 11.1. The van der Waals surface area contributed by atoms with Crippen molar-refractivity contribution >= 4 is 29.2 Å². The van der Waals surface area contributed by atoms with Crippen LogP contribution < -0.4 is 16.4 Å². The van der Waals surface area contributed by atoms with Gasteiger partial charge in [0.05, 0.1) is 11.8 Å². The van der Waals surface area contributed by atoms with Crippen LogP contribution in [-0.2, 0) is 14.4 Å². The van der Waals surface area contributed by atoms with E-state index in [1.165, 1.54) is 4.90 Å². The normalized spacial score (nSPS) is 18.4. The summed E-state index contributed by atoms with van der Waals surface area (Å²) in [6.45, 7) is 1.54. The average Bonchev–Trinajstić information content (AvgIpc) is 2.80. The van der Waals surface area contributed by atoms with Crippen LogP contribution in [0.1, 0.15) is 30.9 Å². The first-order valence-corrected chi connectivity index (χ1v) is 10.5. The van der Waals surface area contributed by atoms with Crippen LogP contribution in [-0.4, -0.2) is 40.7 Å². The quantitative estimate of drug-likeness (QED) is 0.230. The highest BCUT2D eigenvalue weighted by Crippen LogP contribution is 2.34. The second kappa shape index (κ2) is 9.67. The van der Waals surface area contributed by atoms with Gasteiger partial charge in [-0.15, -0.1) is 0 Å². The molecule has 1 heterocycles. The van der Waals surface area contributed by atoms with Crippen molar-refractivity contribution < 1.29 is 19.5 Å². The fraction of sp³-hybridized carbons (Fsp3) is 0.280. The lowest BCUT2D eigenvalue weighted by Crippen LogP contribution is -2.63. The summed E-state index contributed by atoms with van der Waals surface area (Å²) < 4.78 is 0. The second-order valence-corrected chi connectivity index (χ2v) is 8.04. The Morgan fingerprint density at radius 3 is 2.36 bits per heavy atom. The molecule has 0 saturated carbocycles. The van der Waals surface area contributed by atoms with Gasteiger partial charge in [-0.3, -0.25) is 15.0 Å². The fourth-order valence-corrected chi connectivity index (χ4v) is 4.01. The third kappa shape index (κ3) is 4.78. The number of hydrogen-bond donors (Lipinski definition) is 4. The molecule has 0 aromatic heterocycles. The lowest BCUT2D eigenvalue weighted by Gasteiger charge is -2.39. The largest absolute Gasteiger partial charge is 0.480 e. The summed E-state index contributed by atoms with van der Waals surface area (Å²) >= 11 is 0. The van der Waals surface area contributed by atoms with E-state index in [1.54, 1.807) is 48.5 Å². The Hall–Kier alpha value is -3.96. The number of Topliss-reactive ketones (excluding diaryl/α,β-unsaturated/α-hetero) is 1. The number of carboxylic acids is 1. The number of nitrogens with one attached hydrogen (secondary N) is 1. The van der Waals surface area contributed by atoms with Gasteiger partial charge in [0.15, 0.2) is 11.3 Å². The highest BCUT2D eigenvalue weighted by atomic mass is 16.4. The number of rotatable bonds is 6. The summed E-state index contributed by atoms with van der Waals surface area (Å²) in [6.07, 6.45) is 0.941. The van der Waals surface area contributed by atoms with E-state index < -0.39 is 29.1 Å². The maximum atomic E-state index is 13.5. The number of carboxylic acid groups (broad SMARTS) is 1. The third-order valence-corrected chi connectivity index (χ3v) is 5.95. The van der Waals surface area contributed by atoms with Gasteiger partial charge in [0, 0.05) is 23.4 Å². The summed E-state index contributed by atoms with van der Waals surface area (Å²) in [5.74, 6) is 0.947. The number of amidine groups is 1. The average molecular weight is 447 g/mol. The molecule has 3 rings (SSSR count). The number of nitrogens with two attached hydrogens (primary N) is 2. The number of nitrogens with zero attached hydrogens (tertiary/aromatic N) is 1. The van der Waals surface area contributed by atoms with Gasteiger partial charge in [-0.2, -0.15) is 0 Å². The molecule has 0 radical (unpaired) electrons. The van der Waals surface area contributed by atoms with Crippen LogP contribution in [0.3, 0.4) is 0 Å². The van der Waals surface area contributed by atoms with E-state index >= 15 is 0 Å². The number of aliphatic carboxylic acids is 1. The number of benzene rings is 2. The Kier molecular flexibility index (Phi) is 6.95. The lowest BCUT2D eigenvalue weighted by molar-refractivity contribution is -0.150. The number of anilines is 1. The molecule has 1 aliphatic rings. The van der Waals surface area contributed by atoms with Gasteiger partial charge in [-0.25, -0.2) is 4.79 Å². The molecule has 1 fully saturated rings. The van der Waals surface area contributed by atoms with Crippen LogP contribution >= 0.6 is 0 Å². The predicted molar refractivity (Wildman–Crippen MR) is 125 cm³/mol. The van der Waals surface area contributed by atoms with Crippen molar-refractivity contribution in [3.8, 4) is 11.8 Å². The smallest absolute Gasteiger partial charge is 0.332 e. The predicted octanol–water partition coefficient (Wildman–Crippen LogP) is 1.75. The standard InChI is InChI=1S/C25H26N4O4/c1-16(30)25(28,24(32)33)21(14-9-17-6-3-2-4-7-17)20-8-5-15-29(23(20)31)19-12-10-18(11-13-19)22(26)27/h2-4,6-7,10-13,20-21H,5,8,15,28H2,1H3,(H3,26,27)(H,32,33). The molecule has 3 unspecified atom stereocenters. The van der Waals surface area contributed by atoms with E-state index in [2.05, 4.69) is 11.8 Å². The van der Waals surface area contributed by atoms with E-state index in [1.807, 2.05) is 6.07 Å². The number of amides is 1. The number of ketones is 1. The van der Waals surface area contributed by atoms with Gasteiger partial charge in [0.2, 0.25) is 5.91 Å². The first-order valence-electron chi connectivity index (χ1n) is 10.5. The first kappa shape index (κ1) is 23.7. The monoisotopic (exact) mass is 446 g/mol. The molecule has 0 spiro atoms. The Morgan fingerprint density at radius 2 is 1.82 bits per heavy atom. The molecule has 1 amide bonds. The second-order valence-electron chi connectivity index (χ2n) is 8.04. The molecule has 8 heteroatoms. The van der Waals surface area contributed by atoms with Crippen molar-refractivity contribution in [3.63, 3.8) is 0 Å². The molecule has 170 valence electrons. The topological polar surface area (TPSA) is 151 Å². The molecule has 0 bridgehead atoms. The number of piperidine rings is 1. The van der Waals surface area contributed by atoms with E-state index in [0.717, 1.165) is 6.92 Å². The Morgan fingerprint density at radius 1 is 1.18 bits per heavy atom. The summed E-state index contributed by atoms with van der Waals surface area (Å²) in [4.78, 5) is 39.6. The van der Waals surface area contributed by atoms with Crippen molar-refractivity contribution in [1.82, 2.24) is 0 Å². The molecule has 3 atom stereocenters. The van der Waals surface area contributed by atoms with E-state index in [9.17, 15) is 19.5 Å². The van der Waals surface area contributed by atoms with Gasteiger partial charge in [0.1, 0.15) is 5.84 Å². The van der Waals surface area contributed by atoms with Gasteiger partial charge in [0.25, 0.3) is 0 Å². The van der Waals surface area contributed by atoms with Gasteiger partial charge in [-0.05, 0) is 56.2 Å². The molecular weight excluding hydrogens is 420 g/mol. The summed E-state index contributed by atoms with van der Waals surface area (Å²) in [5, 5.41) is 17.4. The minimum atomic E-state index is -2.33. The number of nitrogen functional groups attached to an aromatic ring is 1. The summed E-state index contributed by atoms with van der Waals surface area (Å²) in [6, 6.07) is 15.5. The van der Waals surface area contributed by atoms with E-state index in [4.69, 9.17) is 16.9 Å². The zero-order valence-corrected chi connectivity index (χ0v) is 18.2. The van der Waals surface area contributed by atoms with Crippen molar-refractivity contribution in [3.05, 3.63) is 65.7 Å². The van der Waals surface area contributed by atoms with E-state index in [-0.39, 0.29) is 11.7 Å². The number of hydrogen-bond acceptors (Lipinski definition) is 5. The molecular formula is C25H26N4O4. The van der Waals surface area contributed by atoms with E-state index in [0.29, 0.717) is 36.2 Å². The molecule has 8 nitrogen and oxygen atoms in total. The Balaban J connectivity index is 2.02. The molecule has 1 saturated heterocycles. The SMILES string of the molecule is CC(=O)C(N)(C(=O)O)C(C#Cc1ccccc1)C1CCCN(c2ccc(C(=N)N)cc2)C1=O. The van der Waals surface area contributed by atoms with Crippen LogP contribution in [0, 0.1) is 29.1 Å². The molecule has 2 aromatic rings. The molecule has 1 aliphatic heterocycles. The molecule has 2 aromatic carbocycles. The van der Waals surface area contributed by atoms with Gasteiger partial charge in [-0.1, -0.05) is 30.0 Å².